The molecule has 0 aromatic rings. The van der Waals surface area contributed by atoms with Crippen LogP contribution in [0.1, 0.15) is 0 Å². The van der Waals surface area contributed by atoms with Crippen LogP contribution in [0.4, 0.5) is 8.78 Å². The van der Waals surface area contributed by atoms with Gasteiger partial charge in [-0.2, -0.15) is 8.78 Å². The lowest BCUT2D eigenvalue weighted by Gasteiger charge is -2.12. The molecule has 3 N–H and O–H groups in total. The second-order valence-corrected chi connectivity index (χ2v) is 3.37. The second kappa shape index (κ2) is 2.89. The van der Waals surface area contributed by atoms with Crippen molar-refractivity contribution in [1.82, 2.24) is 0 Å². The maximum Gasteiger partial charge on any atom is 0.413 e. The molecule has 0 aromatic carbocycles. The number of aliphatic carboxylic acids is 1. The molecule has 0 amide bonds. The summed E-state index contributed by atoms with van der Waals surface area (Å²) in [6.45, 7) is 0. The first-order chi connectivity index (χ1) is 5.10. The first-order valence-corrected chi connectivity index (χ1v) is 3.93. The third-order valence-corrected chi connectivity index (χ3v) is 1.77. The zero-order valence-corrected chi connectivity index (χ0v) is 6.16. The van der Waals surface area contributed by atoms with E-state index in [9.17, 15) is 22.9 Å². The Morgan fingerprint density at radius 3 is 1.67 bits per heavy atom. The van der Waals surface area contributed by atoms with Crippen LogP contribution in [0.5, 0.6) is 0 Å². The van der Waals surface area contributed by atoms with E-state index in [1.165, 1.54) is 0 Å². The third kappa shape index (κ3) is 1.84. The maximum absolute atomic E-state index is 12.1. The van der Waals surface area contributed by atoms with Crippen molar-refractivity contribution in [3.05, 3.63) is 0 Å². The molecule has 0 saturated heterocycles. The van der Waals surface area contributed by atoms with E-state index in [-0.39, 0.29) is 0 Å². The number of carbonyl (C=O) groups excluding carboxylic acids is 1. The Bertz CT molecular complexity index is 266. The number of ketones is 1. The summed E-state index contributed by atoms with van der Waals surface area (Å²) < 4.78 is 34.0. The molecule has 0 aliphatic rings. The summed E-state index contributed by atoms with van der Waals surface area (Å²) in [5, 5.41) is 7.71. The highest BCUT2D eigenvalue weighted by molar-refractivity contribution is 7.54. The Balaban J connectivity index is 5.01. The molecular weight excluding hydrogens is 201 g/mol. The van der Waals surface area contributed by atoms with E-state index in [0.717, 1.165) is 0 Å². The highest BCUT2D eigenvalue weighted by Crippen LogP contribution is 2.53. The quantitative estimate of drug-likeness (QED) is 0.418. The van der Waals surface area contributed by atoms with Crippen LogP contribution in [0, 0.1) is 0 Å². The van der Waals surface area contributed by atoms with Crippen molar-refractivity contribution >= 4 is 19.3 Å². The fourth-order valence-electron chi connectivity index (χ4n) is 0.261. The summed E-state index contributed by atoms with van der Waals surface area (Å²) in [7, 11) is -6.04. The molecule has 0 saturated carbocycles. The zero-order valence-electron chi connectivity index (χ0n) is 5.27. The average Bonchev–Trinajstić information content (AvgIpc) is 1.83. The molecule has 0 bridgehead atoms. The topological polar surface area (TPSA) is 112 Å². The average molecular weight is 204 g/mol. The molecule has 0 atom stereocenters. The predicted octanol–water partition coefficient (Wildman–Crippen LogP) is -0.589. The van der Waals surface area contributed by atoms with Gasteiger partial charge in [-0.1, -0.05) is 0 Å². The van der Waals surface area contributed by atoms with Gasteiger partial charge in [-0.25, -0.2) is 4.79 Å². The molecule has 0 unspecified atom stereocenters. The van der Waals surface area contributed by atoms with Crippen LogP contribution in [0.25, 0.3) is 0 Å². The van der Waals surface area contributed by atoms with E-state index in [4.69, 9.17) is 14.9 Å². The molecular formula is C3H3F2O6P. The number of alkyl halides is 2. The molecule has 70 valence electrons. The van der Waals surface area contributed by atoms with Crippen molar-refractivity contribution < 1.29 is 37.8 Å². The van der Waals surface area contributed by atoms with Crippen molar-refractivity contribution in [3.8, 4) is 0 Å². The molecule has 12 heavy (non-hydrogen) atoms. The fraction of sp³-hybridized carbons (Fsp3) is 0.333. The van der Waals surface area contributed by atoms with Crippen molar-refractivity contribution in [1.29, 1.82) is 0 Å². The predicted molar refractivity (Wildman–Crippen MR) is 29.6 cm³/mol. The van der Waals surface area contributed by atoms with Gasteiger partial charge in [-0.15, -0.1) is 0 Å². The van der Waals surface area contributed by atoms with E-state index < -0.39 is 25.0 Å². The maximum atomic E-state index is 12.1. The van der Waals surface area contributed by atoms with E-state index in [2.05, 4.69) is 0 Å². The summed E-state index contributed by atoms with van der Waals surface area (Å²) in [4.78, 5) is 35.3. The van der Waals surface area contributed by atoms with Gasteiger partial charge in [0.15, 0.2) is 0 Å². The van der Waals surface area contributed by atoms with Gasteiger partial charge in [0, 0.05) is 0 Å². The number of carboxylic acids is 1. The second-order valence-electron chi connectivity index (χ2n) is 1.72. The lowest BCUT2D eigenvalue weighted by Crippen LogP contribution is -2.34. The lowest BCUT2D eigenvalue weighted by atomic mass is 10.4. The minimum atomic E-state index is -6.04. The van der Waals surface area contributed by atoms with Crippen LogP contribution in [-0.4, -0.2) is 32.3 Å². The van der Waals surface area contributed by atoms with Crippen LogP contribution in [0.2, 0.25) is 0 Å². The number of hydrogen-bond donors (Lipinski definition) is 3. The van der Waals surface area contributed by atoms with Crippen LogP contribution in [0.15, 0.2) is 0 Å². The smallest absolute Gasteiger partial charge is 0.413 e. The first-order valence-electron chi connectivity index (χ1n) is 2.32. The van der Waals surface area contributed by atoms with Gasteiger partial charge in [0.05, 0.1) is 0 Å². The molecule has 9 heteroatoms. The SMILES string of the molecule is O=C(O)C(=O)C(F)(F)P(=O)(O)O. The van der Waals surface area contributed by atoms with Crippen molar-refractivity contribution in [2.45, 2.75) is 5.66 Å². The summed E-state index contributed by atoms with van der Waals surface area (Å²) in [5.41, 5.74) is -5.15. The number of halogens is 2. The first kappa shape index (κ1) is 11.2. The number of hydrogen-bond acceptors (Lipinski definition) is 3. The van der Waals surface area contributed by atoms with Gasteiger partial charge in [0.2, 0.25) is 0 Å². The lowest BCUT2D eigenvalue weighted by molar-refractivity contribution is -0.157. The van der Waals surface area contributed by atoms with E-state index in [0.29, 0.717) is 0 Å². The van der Waals surface area contributed by atoms with E-state index >= 15 is 0 Å². The highest BCUT2D eigenvalue weighted by Gasteiger charge is 2.58. The summed E-state index contributed by atoms with van der Waals surface area (Å²) >= 11 is 0. The standard InChI is InChI=1S/C3H3F2O6P/c4-3(5,12(9,10)11)1(6)2(7)8/h(H,7,8)(H2,9,10,11). The monoisotopic (exact) mass is 204 g/mol. The molecule has 6 nitrogen and oxygen atoms in total. The third-order valence-electron chi connectivity index (χ3n) is 0.833. The Labute approximate surface area is 64.0 Å². The van der Waals surface area contributed by atoms with Crippen molar-refractivity contribution in [2.24, 2.45) is 0 Å². The van der Waals surface area contributed by atoms with Gasteiger partial charge in [0.25, 0.3) is 0 Å². The fourth-order valence-corrected chi connectivity index (χ4v) is 0.621. The summed E-state index contributed by atoms with van der Waals surface area (Å²) in [6, 6.07) is 0. The van der Waals surface area contributed by atoms with Gasteiger partial charge in [-0.05, 0) is 0 Å². The van der Waals surface area contributed by atoms with Crippen molar-refractivity contribution in [2.75, 3.05) is 0 Å². The van der Waals surface area contributed by atoms with Crippen molar-refractivity contribution in [3.63, 3.8) is 0 Å². The van der Waals surface area contributed by atoms with Crippen LogP contribution < -0.4 is 0 Å². The minimum Gasteiger partial charge on any atom is -0.475 e. The van der Waals surface area contributed by atoms with Crippen LogP contribution in [0.3, 0.4) is 0 Å². The van der Waals surface area contributed by atoms with Gasteiger partial charge < -0.3 is 14.9 Å². The van der Waals surface area contributed by atoms with Gasteiger partial charge in [0.1, 0.15) is 0 Å². The number of rotatable bonds is 3. The summed E-state index contributed by atoms with van der Waals surface area (Å²) in [5.74, 6) is -5.42. The Morgan fingerprint density at radius 1 is 1.25 bits per heavy atom. The minimum absolute atomic E-state index is 2.59. The van der Waals surface area contributed by atoms with Gasteiger partial charge >= 0.3 is 25.0 Å². The van der Waals surface area contributed by atoms with Crippen LogP contribution >= 0.6 is 7.60 Å². The molecule has 0 spiro atoms. The number of Topliss-reactive ketones (excluding diaryl/α,β-unsaturated/α-hetero) is 1. The molecule has 0 radical (unpaired) electrons. The molecule has 0 rings (SSSR count). The Morgan fingerprint density at radius 2 is 1.58 bits per heavy atom. The highest BCUT2D eigenvalue weighted by atomic mass is 31.2. The van der Waals surface area contributed by atoms with E-state index in [1.54, 1.807) is 0 Å². The van der Waals surface area contributed by atoms with Crippen LogP contribution in [-0.2, 0) is 14.2 Å². The summed E-state index contributed by atoms with van der Waals surface area (Å²) in [6.07, 6.45) is 0. The largest absolute Gasteiger partial charge is 0.475 e. The van der Waals surface area contributed by atoms with Gasteiger partial charge in [-0.3, -0.25) is 9.36 Å². The number of carboxylic acid groups (broad SMARTS) is 1. The molecule has 0 fully saturated rings. The Kier molecular flexibility index (Phi) is 2.68. The normalized spacial score (nSPS) is 12.7. The zero-order chi connectivity index (χ0) is 10.2. The molecule has 0 heterocycles. The molecule has 0 aromatic heterocycles. The Hall–Kier alpha value is -0.850. The molecule has 0 aliphatic heterocycles. The molecule has 0 aliphatic carbocycles. The number of carbonyl (C=O) groups is 2. The van der Waals surface area contributed by atoms with E-state index in [1.807, 2.05) is 0 Å².